The smallest absolute Gasteiger partial charge is 0.407 e. The van der Waals surface area contributed by atoms with Gasteiger partial charge in [-0.05, 0) is 40.8 Å². The third-order valence-electron chi connectivity index (χ3n) is 7.21. The van der Waals surface area contributed by atoms with Crippen LogP contribution >= 0.6 is 0 Å². The molecule has 0 atom stereocenters. The molecule has 2 aliphatic rings. The van der Waals surface area contributed by atoms with Gasteiger partial charge in [0.25, 0.3) is 5.91 Å². The Kier molecular flexibility index (Phi) is 8.42. The van der Waals surface area contributed by atoms with Crippen molar-refractivity contribution < 1.29 is 29.0 Å². The molecule has 214 valence electrons. The van der Waals surface area contributed by atoms with E-state index in [0.29, 0.717) is 5.84 Å². The Labute approximate surface area is 242 Å². The molecule has 3 aromatic rings. The first-order valence-corrected chi connectivity index (χ1v) is 13.5. The van der Waals surface area contributed by atoms with E-state index in [-0.39, 0.29) is 37.9 Å². The maximum Gasteiger partial charge on any atom is 0.407 e. The summed E-state index contributed by atoms with van der Waals surface area (Å²) >= 11 is 0. The molecule has 0 saturated heterocycles. The van der Waals surface area contributed by atoms with Gasteiger partial charge in [0.2, 0.25) is 5.91 Å². The molecule has 0 saturated carbocycles. The average molecular weight is 567 g/mol. The predicted octanol–water partition coefficient (Wildman–Crippen LogP) is 3.74. The van der Waals surface area contributed by atoms with E-state index in [1.165, 1.54) is 4.90 Å². The number of fused-ring (bicyclic) bond motifs is 3. The van der Waals surface area contributed by atoms with E-state index < -0.39 is 30.4 Å². The van der Waals surface area contributed by atoms with Crippen molar-refractivity contribution in [3.8, 4) is 11.1 Å². The first kappa shape index (κ1) is 28.3. The van der Waals surface area contributed by atoms with E-state index in [9.17, 15) is 24.3 Å². The molecule has 0 unspecified atom stereocenters. The van der Waals surface area contributed by atoms with Crippen LogP contribution in [0.4, 0.5) is 4.79 Å². The minimum absolute atomic E-state index is 0.0319. The molecule has 1 heterocycles. The fourth-order valence-corrected chi connectivity index (χ4v) is 5.19. The monoisotopic (exact) mass is 566 g/mol. The van der Waals surface area contributed by atoms with Gasteiger partial charge in [-0.1, -0.05) is 78.9 Å². The maximum atomic E-state index is 13.1. The van der Waals surface area contributed by atoms with Crippen molar-refractivity contribution in [2.24, 2.45) is 4.99 Å². The molecular weight excluding hydrogens is 536 g/mol. The van der Waals surface area contributed by atoms with Gasteiger partial charge in [0.15, 0.2) is 0 Å². The van der Waals surface area contributed by atoms with E-state index in [1.807, 2.05) is 78.9 Å². The quantitative estimate of drug-likeness (QED) is 0.360. The standard InChI is InChI=1S/C32H30N4O6/c1-21-34-28(17-22-9-3-2-4-10-22)31(40)36(21)18-29(37)35(19-30(38)39)16-15-33-32(41)42-20-27-25-13-7-5-11-23(25)24-12-6-8-14-26(24)27/h2-14,17,27H,15-16,18-20H2,1H3,(H,33,41)(H,38,39)/b28-17+. The first-order valence-electron chi connectivity index (χ1n) is 13.5. The number of carbonyl (C=O) groups excluding carboxylic acids is 3. The molecule has 1 aliphatic carbocycles. The number of nitrogens with zero attached hydrogens (tertiary/aromatic N) is 3. The highest BCUT2D eigenvalue weighted by Gasteiger charge is 2.32. The molecular formula is C32H30N4O6. The van der Waals surface area contributed by atoms with Gasteiger partial charge in [0.1, 0.15) is 31.2 Å². The fourth-order valence-electron chi connectivity index (χ4n) is 5.19. The summed E-state index contributed by atoms with van der Waals surface area (Å²) in [5.74, 6) is -2.01. The second-order valence-corrected chi connectivity index (χ2v) is 9.95. The van der Waals surface area contributed by atoms with Crippen molar-refractivity contribution in [2.45, 2.75) is 12.8 Å². The highest BCUT2D eigenvalue weighted by atomic mass is 16.5. The van der Waals surface area contributed by atoms with Crippen LogP contribution in [0.25, 0.3) is 17.2 Å². The number of carbonyl (C=O) groups is 4. The molecule has 1 aliphatic heterocycles. The Morgan fingerprint density at radius 1 is 0.976 bits per heavy atom. The highest BCUT2D eigenvalue weighted by molar-refractivity contribution is 6.15. The Hall–Kier alpha value is -5.25. The van der Waals surface area contributed by atoms with Crippen LogP contribution < -0.4 is 5.32 Å². The zero-order valence-electron chi connectivity index (χ0n) is 23.0. The molecule has 3 aromatic carbocycles. The molecule has 5 rings (SSSR count). The maximum absolute atomic E-state index is 13.1. The van der Waals surface area contributed by atoms with Gasteiger partial charge in [-0.3, -0.25) is 19.3 Å². The molecule has 0 radical (unpaired) electrons. The molecule has 0 aromatic heterocycles. The van der Waals surface area contributed by atoms with Crippen LogP contribution in [0, 0.1) is 0 Å². The minimum atomic E-state index is -1.22. The van der Waals surface area contributed by atoms with Crippen LogP contribution in [-0.4, -0.2) is 77.4 Å². The van der Waals surface area contributed by atoms with E-state index in [1.54, 1.807) is 13.0 Å². The first-order chi connectivity index (χ1) is 20.3. The average Bonchev–Trinajstić information content (AvgIpc) is 3.44. The summed E-state index contributed by atoms with van der Waals surface area (Å²) in [6, 6.07) is 25.2. The largest absolute Gasteiger partial charge is 0.480 e. The number of hydrogen-bond acceptors (Lipinski definition) is 6. The topological polar surface area (TPSA) is 129 Å². The van der Waals surface area contributed by atoms with Crippen LogP contribution in [0.2, 0.25) is 0 Å². The number of alkyl carbamates (subject to hydrolysis) is 1. The number of carboxylic acids is 1. The van der Waals surface area contributed by atoms with Crippen LogP contribution in [0.15, 0.2) is 89.6 Å². The molecule has 2 N–H and O–H groups in total. The van der Waals surface area contributed by atoms with Crippen LogP contribution in [-0.2, 0) is 19.1 Å². The Balaban J connectivity index is 1.15. The van der Waals surface area contributed by atoms with Crippen LogP contribution in [0.1, 0.15) is 29.5 Å². The van der Waals surface area contributed by atoms with Crippen molar-refractivity contribution in [3.05, 3.63) is 101 Å². The lowest BCUT2D eigenvalue weighted by Crippen LogP contribution is -2.47. The zero-order valence-corrected chi connectivity index (χ0v) is 23.0. The fraction of sp³-hybridized carbons (Fsp3) is 0.219. The highest BCUT2D eigenvalue weighted by Crippen LogP contribution is 2.44. The summed E-state index contributed by atoms with van der Waals surface area (Å²) in [7, 11) is 0. The van der Waals surface area contributed by atoms with E-state index in [0.717, 1.165) is 32.7 Å². The Morgan fingerprint density at radius 3 is 2.24 bits per heavy atom. The zero-order chi connectivity index (χ0) is 29.6. The summed E-state index contributed by atoms with van der Waals surface area (Å²) in [5, 5.41) is 12.0. The van der Waals surface area contributed by atoms with Crippen molar-refractivity contribution in [1.29, 1.82) is 0 Å². The second-order valence-electron chi connectivity index (χ2n) is 9.95. The number of ether oxygens (including phenoxy) is 1. The van der Waals surface area contributed by atoms with Gasteiger partial charge in [-0.15, -0.1) is 0 Å². The number of nitrogens with one attached hydrogen (secondary N) is 1. The SMILES string of the molecule is CC1=N/C(=C/c2ccccc2)C(=O)N1CC(=O)N(CCNC(=O)OCC1c2ccccc2-c2ccccc21)CC(=O)O. The van der Waals surface area contributed by atoms with Crippen LogP contribution in [0.3, 0.4) is 0 Å². The minimum Gasteiger partial charge on any atom is -0.480 e. The molecule has 0 fully saturated rings. The normalized spacial score (nSPS) is 14.8. The van der Waals surface area contributed by atoms with Gasteiger partial charge < -0.3 is 20.1 Å². The van der Waals surface area contributed by atoms with E-state index in [4.69, 9.17) is 4.74 Å². The summed E-state index contributed by atoms with van der Waals surface area (Å²) in [5.41, 5.74) is 5.38. The molecule has 0 spiro atoms. The number of rotatable bonds is 10. The number of hydrogen-bond donors (Lipinski definition) is 2. The number of aliphatic carboxylic acids is 1. The number of carboxylic acid groups (broad SMARTS) is 1. The van der Waals surface area contributed by atoms with Crippen molar-refractivity contribution in [3.63, 3.8) is 0 Å². The van der Waals surface area contributed by atoms with Crippen molar-refractivity contribution in [2.75, 3.05) is 32.8 Å². The summed E-state index contributed by atoms with van der Waals surface area (Å²) in [4.78, 5) is 56.5. The predicted molar refractivity (Wildman–Crippen MR) is 157 cm³/mol. The number of benzene rings is 3. The molecule has 42 heavy (non-hydrogen) atoms. The Bertz CT molecular complexity index is 1540. The number of aliphatic imine (C=N–C) groups is 1. The third kappa shape index (κ3) is 6.22. The Morgan fingerprint density at radius 2 is 1.60 bits per heavy atom. The molecule has 0 bridgehead atoms. The van der Waals surface area contributed by atoms with E-state index >= 15 is 0 Å². The third-order valence-corrected chi connectivity index (χ3v) is 7.21. The second kappa shape index (κ2) is 12.5. The van der Waals surface area contributed by atoms with Gasteiger partial charge in [0.05, 0.1) is 0 Å². The molecule has 10 nitrogen and oxygen atoms in total. The van der Waals surface area contributed by atoms with Crippen LogP contribution in [0.5, 0.6) is 0 Å². The summed E-state index contributed by atoms with van der Waals surface area (Å²) < 4.78 is 5.51. The van der Waals surface area contributed by atoms with Gasteiger partial charge >= 0.3 is 12.1 Å². The molecule has 10 heteroatoms. The lowest BCUT2D eigenvalue weighted by Gasteiger charge is -2.24. The molecule has 3 amide bonds. The van der Waals surface area contributed by atoms with Crippen molar-refractivity contribution >= 4 is 35.8 Å². The lowest BCUT2D eigenvalue weighted by atomic mass is 9.98. The van der Waals surface area contributed by atoms with Gasteiger partial charge in [0, 0.05) is 19.0 Å². The number of amidine groups is 1. The van der Waals surface area contributed by atoms with Gasteiger partial charge in [-0.2, -0.15) is 0 Å². The number of amides is 3. The van der Waals surface area contributed by atoms with Gasteiger partial charge in [-0.25, -0.2) is 9.79 Å². The summed E-state index contributed by atoms with van der Waals surface area (Å²) in [6.07, 6.45) is 0.955. The summed E-state index contributed by atoms with van der Waals surface area (Å²) in [6.45, 7) is 0.661. The van der Waals surface area contributed by atoms with Crippen molar-refractivity contribution in [1.82, 2.24) is 15.1 Å². The lowest BCUT2D eigenvalue weighted by molar-refractivity contribution is -0.145. The van der Waals surface area contributed by atoms with E-state index in [2.05, 4.69) is 10.3 Å².